The highest BCUT2D eigenvalue weighted by molar-refractivity contribution is 9.10. The minimum atomic E-state index is -0.246. The van der Waals surface area contributed by atoms with Crippen LogP contribution in [-0.2, 0) is 0 Å². The van der Waals surface area contributed by atoms with Crippen molar-refractivity contribution in [2.24, 2.45) is 0 Å². The highest BCUT2D eigenvalue weighted by atomic mass is 79.9. The van der Waals surface area contributed by atoms with Gasteiger partial charge in [-0.1, -0.05) is 11.6 Å². The molecule has 6 heteroatoms. The van der Waals surface area contributed by atoms with Crippen molar-refractivity contribution >= 4 is 33.3 Å². The van der Waals surface area contributed by atoms with Crippen LogP contribution in [-0.4, -0.2) is 19.0 Å². The van der Waals surface area contributed by atoms with Gasteiger partial charge in [0.15, 0.2) is 22.0 Å². The number of carbonyl (C=O) groups is 1. The van der Waals surface area contributed by atoms with E-state index in [-0.39, 0.29) is 5.78 Å². The Morgan fingerprint density at radius 2 is 1.81 bits per heavy atom. The van der Waals surface area contributed by atoms with Crippen LogP contribution in [0.15, 0.2) is 33.5 Å². The molecule has 21 heavy (non-hydrogen) atoms. The Hall–Kier alpha value is -1.46. The number of ether oxygens (including phenoxy) is 2. The molecule has 0 atom stereocenters. The first-order valence-corrected chi connectivity index (χ1v) is 7.62. The Morgan fingerprint density at radius 1 is 1.19 bits per heavy atom. The number of carbonyl (C=O) groups excluding carboxylic acids is 1. The zero-order chi connectivity index (χ0) is 15.4. The van der Waals surface area contributed by atoms with E-state index < -0.39 is 0 Å². The lowest BCUT2D eigenvalue weighted by Gasteiger charge is -2.13. The van der Waals surface area contributed by atoms with Gasteiger partial charge in [0, 0.05) is 11.6 Å². The number of rotatable bonds is 6. The molecular weight excluding hydrogens is 360 g/mol. The summed E-state index contributed by atoms with van der Waals surface area (Å²) in [7, 11) is 0. The Balaban J connectivity index is 2.46. The standard InChI is InChI=1S/C15H14BrClO4/c1-3-19-12-7-10(11(17)8-13(12)20-4-2)14(18)9-5-6-21-15(9)16/h5-8H,3-4H2,1-2H3. The molecule has 2 rings (SSSR count). The molecule has 1 aromatic carbocycles. The number of benzene rings is 1. The number of furan rings is 1. The maximum Gasteiger partial charge on any atom is 0.199 e. The van der Waals surface area contributed by atoms with Crippen molar-refractivity contribution in [2.75, 3.05) is 13.2 Å². The van der Waals surface area contributed by atoms with Gasteiger partial charge in [0.2, 0.25) is 0 Å². The quantitative estimate of drug-likeness (QED) is 0.687. The van der Waals surface area contributed by atoms with Crippen LogP contribution >= 0.6 is 27.5 Å². The zero-order valence-corrected chi connectivity index (χ0v) is 14.0. The summed E-state index contributed by atoms with van der Waals surface area (Å²) in [6, 6.07) is 4.77. The lowest BCUT2D eigenvalue weighted by Crippen LogP contribution is -2.05. The molecule has 0 N–H and O–H groups in total. The van der Waals surface area contributed by atoms with E-state index in [0.29, 0.717) is 45.5 Å². The molecule has 0 spiro atoms. The van der Waals surface area contributed by atoms with Gasteiger partial charge < -0.3 is 13.9 Å². The summed E-state index contributed by atoms with van der Waals surface area (Å²) < 4.78 is 16.4. The smallest absolute Gasteiger partial charge is 0.199 e. The summed E-state index contributed by atoms with van der Waals surface area (Å²) in [6.45, 7) is 4.67. The predicted octanol–water partition coefficient (Wildman–Crippen LogP) is 4.72. The summed E-state index contributed by atoms with van der Waals surface area (Å²) in [5.41, 5.74) is 0.745. The maximum atomic E-state index is 12.5. The Morgan fingerprint density at radius 3 is 2.33 bits per heavy atom. The van der Waals surface area contributed by atoms with Crippen LogP contribution in [0.1, 0.15) is 29.8 Å². The SMILES string of the molecule is CCOc1cc(Cl)c(C(=O)c2ccoc2Br)cc1OCC. The van der Waals surface area contributed by atoms with Crippen molar-refractivity contribution in [3.63, 3.8) is 0 Å². The molecule has 0 aliphatic rings. The van der Waals surface area contributed by atoms with E-state index in [4.69, 9.17) is 25.5 Å². The van der Waals surface area contributed by atoms with Crippen LogP contribution in [0, 0.1) is 0 Å². The fourth-order valence-corrected chi connectivity index (χ4v) is 2.51. The summed E-state index contributed by atoms with van der Waals surface area (Å²) in [6.07, 6.45) is 1.43. The third-order valence-corrected chi connectivity index (χ3v) is 3.67. The van der Waals surface area contributed by atoms with Gasteiger partial charge in [-0.25, -0.2) is 0 Å². The Labute approximate surface area is 136 Å². The van der Waals surface area contributed by atoms with Crippen molar-refractivity contribution < 1.29 is 18.7 Å². The van der Waals surface area contributed by atoms with E-state index in [9.17, 15) is 4.79 Å². The first-order chi connectivity index (χ1) is 10.1. The molecular formula is C15H14BrClO4. The van der Waals surface area contributed by atoms with Gasteiger partial charge in [0.1, 0.15) is 0 Å². The zero-order valence-electron chi connectivity index (χ0n) is 11.6. The maximum absolute atomic E-state index is 12.5. The van der Waals surface area contributed by atoms with Crippen LogP contribution in [0.4, 0.5) is 0 Å². The van der Waals surface area contributed by atoms with E-state index in [1.165, 1.54) is 6.26 Å². The molecule has 1 heterocycles. The van der Waals surface area contributed by atoms with Gasteiger partial charge in [-0.2, -0.15) is 0 Å². The number of ketones is 1. The highest BCUT2D eigenvalue weighted by Gasteiger charge is 2.20. The second-order valence-corrected chi connectivity index (χ2v) is 5.21. The lowest BCUT2D eigenvalue weighted by atomic mass is 10.1. The van der Waals surface area contributed by atoms with Gasteiger partial charge in [0.05, 0.1) is 30.1 Å². The van der Waals surface area contributed by atoms with Gasteiger partial charge in [-0.15, -0.1) is 0 Å². The summed E-state index contributed by atoms with van der Waals surface area (Å²) in [5, 5.41) is 0.306. The van der Waals surface area contributed by atoms with Gasteiger partial charge in [0.25, 0.3) is 0 Å². The highest BCUT2D eigenvalue weighted by Crippen LogP contribution is 2.35. The molecule has 0 aliphatic carbocycles. The van der Waals surface area contributed by atoms with Crippen molar-refractivity contribution in [3.05, 3.63) is 45.3 Å². The second-order valence-electron chi connectivity index (χ2n) is 4.08. The second kappa shape index (κ2) is 7.00. The Bertz CT molecular complexity index is 651. The van der Waals surface area contributed by atoms with Crippen molar-refractivity contribution in [3.8, 4) is 11.5 Å². The van der Waals surface area contributed by atoms with Gasteiger partial charge in [-0.3, -0.25) is 4.79 Å². The molecule has 0 aliphatic heterocycles. The van der Waals surface area contributed by atoms with E-state index >= 15 is 0 Å². The fourth-order valence-electron chi connectivity index (χ4n) is 1.85. The fraction of sp³-hybridized carbons (Fsp3) is 0.267. The molecule has 0 fully saturated rings. The molecule has 0 amide bonds. The third-order valence-electron chi connectivity index (χ3n) is 2.74. The molecule has 0 saturated heterocycles. The summed E-state index contributed by atoms with van der Waals surface area (Å²) in [5.74, 6) is 0.767. The van der Waals surface area contributed by atoms with E-state index in [1.807, 2.05) is 13.8 Å². The molecule has 1 aromatic heterocycles. The molecule has 2 aromatic rings. The lowest BCUT2D eigenvalue weighted by molar-refractivity contribution is 0.103. The van der Waals surface area contributed by atoms with Crippen LogP contribution in [0.25, 0.3) is 0 Å². The van der Waals surface area contributed by atoms with Gasteiger partial charge >= 0.3 is 0 Å². The van der Waals surface area contributed by atoms with Crippen molar-refractivity contribution in [1.29, 1.82) is 0 Å². The first kappa shape index (κ1) is 15.9. The van der Waals surface area contributed by atoms with Crippen LogP contribution < -0.4 is 9.47 Å². The summed E-state index contributed by atoms with van der Waals surface area (Å²) in [4.78, 5) is 12.5. The number of hydrogen-bond donors (Lipinski definition) is 0. The molecule has 4 nitrogen and oxygen atoms in total. The van der Waals surface area contributed by atoms with Crippen molar-refractivity contribution in [2.45, 2.75) is 13.8 Å². The largest absolute Gasteiger partial charge is 0.490 e. The molecule has 0 saturated carbocycles. The molecule has 0 unspecified atom stereocenters. The van der Waals surface area contributed by atoms with E-state index in [2.05, 4.69) is 15.9 Å². The normalized spacial score (nSPS) is 10.5. The monoisotopic (exact) mass is 372 g/mol. The molecule has 0 bridgehead atoms. The first-order valence-electron chi connectivity index (χ1n) is 6.45. The summed E-state index contributed by atoms with van der Waals surface area (Å²) >= 11 is 9.39. The Kier molecular flexibility index (Phi) is 5.31. The molecule has 0 radical (unpaired) electrons. The van der Waals surface area contributed by atoms with Crippen LogP contribution in [0.3, 0.4) is 0 Å². The minimum Gasteiger partial charge on any atom is -0.490 e. The van der Waals surface area contributed by atoms with Gasteiger partial charge in [-0.05, 0) is 41.9 Å². The van der Waals surface area contributed by atoms with Crippen LogP contribution in [0.5, 0.6) is 11.5 Å². The topological polar surface area (TPSA) is 48.7 Å². The predicted molar refractivity (Wildman–Crippen MR) is 83.6 cm³/mol. The van der Waals surface area contributed by atoms with E-state index in [0.717, 1.165) is 0 Å². The van der Waals surface area contributed by atoms with E-state index in [1.54, 1.807) is 18.2 Å². The molecule has 112 valence electrons. The average Bonchev–Trinajstić information content (AvgIpc) is 2.87. The number of halogens is 2. The third kappa shape index (κ3) is 3.41. The van der Waals surface area contributed by atoms with Crippen LogP contribution in [0.2, 0.25) is 5.02 Å². The van der Waals surface area contributed by atoms with Crippen molar-refractivity contribution in [1.82, 2.24) is 0 Å². The minimum absolute atomic E-state index is 0.246. The number of hydrogen-bond acceptors (Lipinski definition) is 4. The average molecular weight is 374 g/mol.